The lowest BCUT2D eigenvalue weighted by Crippen LogP contribution is -2.32. The molecule has 1 unspecified atom stereocenters. The number of rotatable bonds is 6. The molecule has 0 fully saturated rings. The zero-order valence-electron chi connectivity index (χ0n) is 20.2. The Hall–Kier alpha value is -3.87. The van der Waals surface area contributed by atoms with Crippen LogP contribution >= 0.6 is 0 Å². The van der Waals surface area contributed by atoms with Gasteiger partial charge in [-0.2, -0.15) is 0 Å². The first kappa shape index (κ1) is 22.9. The van der Waals surface area contributed by atoms with Gasteiger partial charge in [-0.15, -0.1) is 0 Å². The molecule has 1 aliphatic rings. The number of carbonyl (C=O) groups excluding carboxylic acids is 1. The molecule has 7 heteroatoms. The van der Waals surface area contributed by atoms with Gasteiger partial charge < -0.3 is 14.6 Å². The van der Waals surface area contributed by atoms with E-state index in [0.29, 0.717) is 12.0 Å². The van der Waals surface area contributed by atoms with E-state index in [0.717, 1.165) is 46.3 Å². The fourth-order valence-corrected chi connectivity index (χ4v) is 4.96. The third-order valence-corrected chi connectivity index (χ3v) is 6.77. The van der Waals surface area contributed by atoms with Crippen molar-refractivity contribution in [2.45, 2.75) is 51.0 Å². The Morgan fingerprint density at radius 3 is 2.83 bits per heavy atom. The monoisotopic (exact) mass is 471 g/mol. The summed E-state index contributed by atoms with van der Waals surface area (Å²) in [5, 5.41) is 6.76. The van der Waals surface area contributed by atoms with Crippen LogP contribution in [-0.4, -0.2) is 33.9 Å². The summed E-state index contributed by atoms with van der Waals surface area (Å²) in [6, 6.07) is 15.9. The molecule has 0 radical (unpaired) electrons. The average molecular weight is 472 g/mol. The van der Waals surface area contributed by atoms with Gasteiger partial charge in [0.25, 0.3) is 5.56 Å². The maximum atomic E-state index is 13.1. The highest BCUT2D eigenvalue weighted by molar-refractivity contribution is 5.83. The maximum absolute atomic E-state index is 13.1. The molecule has 2 N–H and O–H groups in total. The van der Waals surface area contributed by atoms with Gasteiger partial charge >= 0.3 is 5.97 Å². The van der Waals surface area contributed by atoms with Gasteiger partial charge in [0.15, 0.2) is 0 Å². The fourth-order valence-electron chi connectivity index (χ4n) is 4.96. The molecule has 35 heavy (non-hydrogen) atoms. The van der Waals surface area contributed by atoms with Gasteiger partial charge in [-0.1, -0.05) is 36.4 Å². The third kappa shape index (κ3) is 4.58. The summed E-state index contributed by atoms with van der Waals surface area (Å²) in [7, 11) is 1.36. The second kappa shape index (κ2) is 9.06. The van der Waals surface area contributed by atoms with Gasteiger partial charge in [-0.3, -0.25) is 19.7 Å². The molecule has 0 saturated heterocycles. The molecule has 0 bridgehead atoms. The highest BCUT2D eigenvalue weighted by atomic mass is 16.5. The highest BCUT2D eigenvalue weighted by Crippen LogP contribution is 2.35. The minimum atomic E-state index is -0.507. The number of ether oxygens (including phenoxy) is 2. The van der Waals surface area contributed by atoms with Gasteiger partial charge in [0.05, 0.1) is 19.0 Å². The molecule has 1 aliphatic heterocycles. The SMILES string of the molecule is COC(=O)CC(c1c(Cc2ccc3c(c2)CCC(C)(C)O3)[nH][nH]c1=O)c1cccc2cccnc12. The number of nitrogens with one attached hydrogen (secondary N) is 2. The summed E-state index contributed by atoms with van der Waals surface area (Å²) in [6.07, 6.45) is 4.16. The molecule has 3 heterocycles. The molecule has 1 atom stereocenters. The summed E-state index contributed by atoms with van der Waals surface area (Å²) in [4.78, 5) is 30.1. The normalized spacial score (nSPS) is 15.3. The van der Waals surface area contributed by atoms with Gasteiger partial charge in [0.2, 0.25) is 0 Å². The minimum absolute atomic E-state index is 0.0350. The second-order valence-corrected chi connectivity index (χ2v) is 9.71. The largest absolute Gasteiger partial charge is 0.488 e. The Kier molecular flexibility index (Phi) is 5.93. The number of esters is 1. The smallest absolute Gasteiger partial charge is 0.306 e. The second-order valence-electron chi connectivity index (χ2n) is 9.71. The number of hydrogen-bond acceptors (Lipinski definition) is 5. The van der Waals surface area contributed by atoms with E-state index in [1.165, 1.54) is 12.7 Å². The molecular formula is C28H29N3O4. The lowest BCUT2D eigenvalue weighted by atomic mass is 9.85. The Morgan fingerprint density at radius 2 is 2.00 bits per heavy atom. The van der Waals surface area contributed by atoms with Crippen molar-refractivity contribution in [2.75, 3.05) is 7.11 Å². The number of para-hydroxylation sites is 1. The lowest BCUT2D eigenvalue weighted by Gasteiger charge is -2.32. The van der Waals surface area contributed by atoms with Crippen LogP contribution in [0.25, 0.3) is 10.9 Å². The molecule has 2 aromatic heterocycles. The van der Waals surface area contributed by atoms with Crippen LogP contribution < -0.4 is 10.3 Å². The molecule has 0 amide bonds. The first-order valence-corrected chi connectivity index (χ1v) is 11.9. The number of H-pyrrole nitrogens is 2. The predicted octanol–water partition coefficient (Wildman–Crippen LogP) is 4.64. The van der Waals surface area contributed by atoms with E-state index in [9.17, 15) is 9.59 Å². The van der Waals surface area contributed by atoms with Crippen LogP contribution in [0.5, 0.6) is 5.75 Å². The number of carbonyl (C=O) groups is 1. The highest BCUT2D eigenvalue weighted by Gasteiger charge is 2.29. The Balaban J connectivity index is 1.55. The summed E-state index contributed by atoms with van der Waals surface area (Å²) in [5.41, 5.74) is 4.69. The van der Waals surface area contributed by atoms with Crippen LogP contribution in [0.2, 0.25) is 0 Å². The van der Waals surface area contributed by atoms with Gasteiger partial charge in [0, 0.05) is 35.2 Å². The van der Waals surface area contributed by atoms with Crippen molar-refractivity contribution in [1.82, 2.24) is 15.2 Å². The number of pyridine rings is 1. The van der Waals surface area contributed by atoms with Crippen molar-refractivity contribution in [3.8, 4) is 5.75 Å². The van der Waals surface area contributed by atoms with Gasteiger partial charge in [0.1, 0.15) is 11.4 Å². The quantitative estimate of drug-likeness (QED) is 0.399. The summed E-state index contributed by atoms with van der Waals surface area (Å²) < 4.78 is 11.1. The van der Waals surface area contributed by atoms with Crippen LogP contribution in [0, 0.1) is 0 Å². The number of fused-ring (bicyclic) bond motifs is 2. The van der Waals surface area contributed by atoms with Crippen LogP contribution in [0.15, 0.2) is 59.5 Å². The number of hydrogen-bond donors (Lipinski definition) is 2. The molecule has 0 aliphatic carbocycles. The van der Waals surface area contributed by atoms with Crippen molar-refractivity contribution >= 4 is 16.9 Å². The zero-order valence-corrected chi connectivity index (χ0v) is 20.2. The van der Waals surface area contributed by atoms with Gasteiger partial charge in [-0.25, -0.2) is 0 Å². The van der Waals surface area contributed by atoms with Crippen LogP contribution in [0.4, 0.5) is 0 Å². The summed E-state index contributed by atoms with van der Waals surface area (Å²) in [5.74, 6) is 0.0222. The number of benzene rings is 2. The van der Waals surface area contributed by atoms with E-state index in [2.05, 4.69) is 35.1 Å². The fraction of sp³-hybridized carbons (Fsp3) is 0.321. The van der Waals surface area contributed by atoms with Crippen molar-refractivity contribution in [2.24, 2.45) is 0 Å². The van der Waals surface area contributed by atoms with Gasteiger partial charge in [-0.05, 0) is 55.5 Å². The van der Waals surface area contributed by atoms with E-state index in [4.69, 9.17) is 9.47 Å². The van der Waals surface area contributed by atoms with Crippen LogP contribution in [-0.2, 0) is 22.4 Å². The van der Waals surface area contributed by atoms with E-state index in [1.54, 1.807) is 6.20 Å². The Morgan fingerprint density at radius 1 is 1.17 bits per heavy atom. The Bertz CT molecular complexity index is 1440. The van der Waals surface area contributed by atoms with Crippen LogP contribution in [0.1, 0.15) is 60.6 Å². The summed E-state index contributed by atoms with van der Waals surface area (Å²) in [6.45, 7) is 4.20. The first-order valence-electron chi connectivity index (χ1n) is 11.9. The van der Waals surface area contributed by atoms with Crippen LogP contribution in [0.3, 0.4) is 0 Å². The molecule has 4 aromatic rings. The number of aromatic nitrogens is 3. The number of aromatic amines is 2. The van der Waals surface area contributed by atoms with E-state index in [1.807, 2.05) is 42.5 Å². The molecule has 7 nitrogen and oxygen atoms in total. The maximum Gasteiger partial charge on any atom is 0.306 e. The number of aryl methyl sites for hydroxylation is 1. The third-order valence-electron chi connectivity index (χ3n) is 6.77. The Labute approximate surface area is 203 Å². The summed E-state index contributed by atoms with van der Waals surface area (Å²) >= 11 is 0. The van der Waals surface area contributed by atoms with Crippen molar-refractivity contribution in [3.63, 3.8) is 0 Å². The van der Waals surface area contributed by atoms with Crippen molar-refractivity contribution < 1.29 is 14.3 Å². The molecule has 180 valence electrons. The molecule has 5 rings (SSSR count). The number of methoxy groups -OCH3 is 1. The van der Waals surface area contributed by atoms with Crippen molar-refractivity contribution in [1.29, 1.82) is 0 Å². The zero-order chi connectivity index (χ0) is 24.6. The standard InChI is InChI=1S/C28H29N3O4/c1-28(2)12-11-19-14-17(9-10-23(19)35-28)15-22-25(27(33)31-30-22)21(16-24(32)34-3)20-8-4-6-18-7-5-13-29-26(18)20/h4-10,13-14,21H,11-12,15-16H2,1-3H3,(H2,30,31,33). The first-order chi connectivity index (χ1) is 16.8. The predicted molar refractivity (Wildman–Crippen MR) is 134 cm³/mol. The average Bonchev–Trinajstić information content (AvgIpc) is 3.21. The number of nitrogens with zero attached hydrogens (tertiary/aromatic N) is 1. The molecule has 0 spiro atoms. The topological polar surface area (TPSA) is 97.1 Å². The van der Waals surface area contributed by atoms with E-state index < -0.39 is 5.92 Å². The lowest BCUT2D eigenvalue weighted by molar-refractivity contribution is -0.140. The molecule has 2 aromatic carbocycles. The van der Waals surface area contributed by atoms with E-state index in [-0.39, 0.29) is 23.6 Å². The van der Waals surface area contributed by atoms with E-state index >= 15 is 0 Å². The van der Waals surface area contributed by atoms with Crippen molar-refractivity contribution in [3.05, 3.63) is 93.0 Å². The molecular weight excluding hydrogens is 442 g/mol. The molecule has 0 saturated carbocycles. The minimum Gasteiger partial charge on any atom is -0.488 e.